The van der Waals surface area contributed by atoms with Crippen LogP contribution in [0.1, 0.15) is 36.0 Å². The summed E-state index contributed by atoms with van der Waals surface area (Å²) in [6, 6.07) is 17.5. The zero-order valence-electron chi connectivity index (χ0n) is 15.2. The molecule has 0 bridgehead atoms. The van der Waals surface area contributed by atoms with Crippen LogP contribution >= 0.6 is 24.2 Å². The molecule has 1 fully saturated rings. The van der Waals surface area contributed by atoms with Gasteiger partial charge in [0.1, 0.15) is 0 Å². The highest BCUT2D eigenvalue weighted by molar-refractivity contribution is 7.98. The molecule has 1 saturated heterocycles. The van der Waals surface area contributed by atoms with Gasteiger partial charge in [-0.15, -0.1) is 24.2 Å². The fourth-order valence-electron chi connectivity index (χ4n) is 3.92. The third-order valence-corrected chi connectivity index (χ3v) is 6.40. The van der Waals surface area contributed by atoms with Crippen molar-refractivity contribution in [3.8, 4) is 0 Å². The number of benzene rings is 2. The molecule has 2 aliphatic heterocycles. The predicted molar refractivity (Wildman–Crippen MR) is 114 cm³/mol. The maximum Gasteiger partial charge on any atom is 0.304 e. The molecular weight excluding hydrogens is 378 g/mol. The van der Waals surface area contributed by atoms with Gasteiger partial charge in [-0.1, -0.05) is 48.0 Å². The minimum atomic E-state index is -0.710. The van der Waals surface area contributed by atoms with Gasteiger partial charge in [-0.3, -0.25) is 4.79 Å². The van der Waals surface area contributed by atoms with Crippen molar-refractivity contribution >= 4 is 35.7 Å². The van der Waals surface area contributed by atoms with E-state index in [0.717, 1.165) is 31.7 Å². The van der Waals surface area contributed by atoms with Gasteiger partial charge in [0.15, 0.2) is 0 Å². The van der Waals surface area contributed by atoms with Crippen LogP contribution in [0.4, 0.5) is 0 Å². The number of halogens is 1. The largest absolute Gasteiger partial charge is 0.481 e. The Morgan fingerprint density at radius 1 is 1.00 bits per heavy atom. The van der Waals surface area contributed by atoms with Crippen LogP contribution in [0.3, 0.4) is 0 Å². The molecule has 1 N–H and O–H groups in total. The molecule has 0 unspecified atom stereocenters. The minimum absolute atomic E-state index is 0. The Hall–Kier alpha value is -1.75. The summed E-state index contributed by atoms with van der Waals surface area (Å²) in [4.78, 5) is 14.5. The molecule has 2 heterocycles. The highest BCUT2D eigenvalue weighted by Gasteiger charge is 2.24. The first kappa shape index (κ1) is 20.0. The second-order valence-electron chi connectivity index (χ2n) is 6.91. The minimum Gasteiger partial charge on any atom is -0.481 e. The lowest BCUT2D eigenvalue weighted by Gasteiger charge is -2.30. The lowest BCUT2D eigenvalue weighted by molar-refractivity contribution is -0.137. The van der Waals surface area contributed by atoms with E-state index in [2.05, 4.69) is 53.4 Å². The SMILES string of the molecule is Cl.O=C(O)CCN1CCC(=C2c3ccccc3CSc3ccccc32)CC1. The number of thioether (sulfide) groups is 1. The van der Waals surface area contributed by atoms with Crippen LogP contribution in [0.5, 0.6) is 0 Å². The monoisotopic (exact) mass is 401 g/mol. The van der Waals surface area contributed by atoms with Crippen LogP contribution in [0.25, 0.3) is 5.57 Å². The van der Waals surface area contributed by atoms with Crippen molar-refractivity contribution in [3.05, 3.63) is 70.8 Å². The van der Waals surface area contributed by atoms with E-state index in [-0.39, 0.29) is 18.8 Å². The maximum absolute atomic E-state index is 10.8. The van der Waals surface area contributed by atoms with Crippen molar-refractivity contribution in [2.75, 3.05) is 19.6 Å². The van der Waals surface area contributed by atoms with E-state index < -0.39 is 5.97 Å². The van der Waals surface area contributed by atoms with Gasteiger partial charge in [-0.25, -0.2) is 0 Å². The fraction of sp³-hybridized carbons (Fsp3) is 0.318. The Labute approximate surface area is 170 Å². The summed E-state index contributed by atoms with van der Waals surface area (Å²) in [5, 5.41) is 8.91. The number of nitrogens with zero attached hydrogens (tertiary/aromatic N) is 1. The number of carboxylic acids is 1. The molecule has 0 radical (unpaired) electrons. The summed E-state index contributed by atoms with van der Waals surface area (Å²) in [6.45, 7) is 2.55. The van der Waals surface area contributed by atoms with Crippen molar-refractivity contribution in [1.82, 2.24) is 4.90 Å². The number of fused-ring (bicyclic) bond motifs is 2. The van der Waals surface area contributed by atoms with Crippen molar-refractivity contribution in [2.24, 2.45) is 0 Å². The summed E-state index contributed by atoms with van der Waals surface area (Å²) >= 11 is 1.92. The molecule has 0 amide bonds. The average molecular weight is 402 g/mol. The molecule has 2 aliphatic rings. The Morgan fingerprint density at radius 3 is 2.41 bits per heavy atom. The van der Waals surface area contributed by atoms with Crippen LogP contribution in [-0.2, 0) is 10.5 Å². The number of hydrogen-bond acceptors (Lipinski definition) is 3. The number of likely N-dealkylation sites (tertiary alicyclic amines) is 1. The van der Waals surface area contributed by atoms with Crippen LogP contribution in [-0.4, -0.2) is 35.6 Å². The zero-order valence-corrected chi connectivity index (χ0v) is 16.8. The molecule has 0 aliphatic carbocycles. The molecule has 2 aromatic carbocycles. The first-order valence-electron chi connectivity index (χ1n) is 9.19. The molecule has 2 aromatic rings. The highest BCUT2D eigenvalue weighted by atomic mass is 35.5. The third-order valence-electron chi connectivity index (χ3n) is 5.28. The molecule has 0 saturated carbocycles. The van der Waals surface area contributed by atoms with Crippen molar-refractivity contribution in [1.29, 1.82) is 0 Å². The van der Waals surface area contributed by atoms with Crippen molar-refractivity contribution < 1.29 is 9.90 Å². The molecule has 142 valence electrons. The smallest absolute Gasteiger partial charge is 0.304 e. The molecule has 0 atom stereocenters. The van der Waals surface area contributed by atoms with Gasteiger partial charge in [0.25, 0.3) is 0 Å². The molecule has 0 aromatic heterocycles. The Kier molecular flexibility index (Phi) is 6.64. The lowest BCUT2D eigenvalue weighted by Crippen LogP contribution is -2.33. The summed E-state index contributed by atoms with van der Waals surface area (Å²) in [7, 11) is 0. The standard InChI is InChI=1S/C22H23NO2S.ClH/c24-21(25)11-14-23-12-9-16(10-13-23)22-18-6-2-1-5-17(18)15-26-20-8-4-3-7-19(20)22;/h1-8H,9-15H2,(H,24,25);1H. The first-order valence-corrected chi connectivity index (χ1v) is 10.2. The van der Waals surface area contributed by atoms with E-state index in [1.165, 1.54) is 32.7 Å². The number of carbonyl (C=O) groups is 1. The Bertz CT molecular complexity index is 805. The zero-order chi connectivity index (χ0) is 17.9. The molecule has 5 heteroatoms. The first-order chi connectivity index (χ1) is 12.7. The van der Waals surface area contributed by atoms with E-state index in [0.29, 0.717) is 6.54 Å². The Balaban J connectivity index is 0.00000210. The van der Waals surface area contributed by atoms with E-state index in [4.69, 9.17) is 5.11 Å². The van der Waals surface area contributed by atoms with Crippen LogP contribution in [0, 0.1) is 0 Å². The number of rotatable bonds is 3. The van der Waals surface area contributed by atoms with Gasteiger partial charge in [-0.2, -0.15) is 0 Å². The van der Waals surface area contributed by atoms with Crippen molar-refractivity contribution in [2.45, 2.75) is 29.9 Å². The third kappa shape index (κ3) is 4.40. The molecule has 3 nitrogen and oxygen atoms in total. The number of piperidine rings is 1. The molecule has 27 heavy (non-hydrogen) atoms. The van der Waals surface area contributed by atoms with Gasteiger partial charge in [0, 0.05) is 30.3 Å². The number of carboxylic acid groups (broad SMARTS) is 1. The van der Waals surface area contributed by atoms with Crippen LogP contribution < -0.4 is 0 Å². The molecular formula is C22H24ClNO2S. The number of aliphatic carboxylic acids is 1. The molecule has 4 rings (SSSR count). The van der Waals surface area contributed by atoms with E-state index >= 15 is 0 Å². The van der Waals surface area contributed by atoms with Gasteiger partial charge < -0.3 is 10.0 Å². The summed E-state index contributed by atoms with van der Waals surface area (Å²) in [5.41, 5.74) is 7.07. The van der Waals surface area contributed by atoms with Gasteiger partial charge in [0.2, 0.25) is 0 Å². The summed E-state index contributed by atoms with van der Waals surface area (Å²) in [6.07, 6.45) is 2.26. The fourth-order valence-corrected chi connectivity index (χ4v) is 4.98. The van der Waals surface area contributed by atoms with Crippen molar-refractivity contribution in [3.63, 3.8) is 0 Å². The average Bonchev–Trinajstić information content (AvgIpc) is 2.84. The summed E-state index contributed by atoms with van der Waals surface area (Å²) in [5.74, 6) is 0.298. The van der Waals surface area contributed by atoms with Gasteiger partial charge in [-0.05, 0) is 41.2 Å². The van der Waals surface area contributed by atoms with E-state index in [1.807, 2.05) is 11.8 Å². The predicted octanol–water partition coefficient (Wildman–Crippen LogP) is 5.09. The van der Waals surface area contributed by atoms with Gasteiger partial charge >= 0.3 is 5.97 Å². The second-order valence-corrected chi connectivity index (χ2v) is 7.92. The highest BCUT2D eigenvalue weighted by Crippen LogP contribution is 2.43. The second kappa shape index (κ2) is 8.96. The quantitative estimate of drug-likeness (QED) is 0.777. The molecule has 0 spiro atoms. The van der Waals surface area contributed by atoms with E-state index in [1.54, 1.807) is 0 Å². The number of hydrogen-bond donors (Lipinski definition) is 1. The maximum atomic E-state index is 10.8. The topological polar surface area (TPSA) is 40.5 Å². The normalized spacial score (nSPS) is 16.7. The Morgan fingerprint density at radius 2 is 1.67 bits per heavy atom. The van der Waals surface area contributed by atoms with Gasteiger partial charge in [0.05, 0.1) is 6.42 Å². The summed E-state index contributed by atoms with van der Waals surface area (Å²) < 4.78 is 0. The lowest BCUT2D eigenvalue weighted by atomic mass is 9.86. The van der Waals surface area contributed by atoms with E-state index in [9.17, 15) is 4.79 Å². The van der Waals surface area contributed by atoms with Crippen LogP contribution in [0.2, 0.25) is 0 Å². The van der Waals surface area contributed by atoms with Crippen LogP contribution in [0.15, 0.2) is 59.0 Å².